The van der Waals surface area contributed by atoms with E-state index in [2.05, 4.69) is 15.3 Å². The summed E-state index contributed by atoms with van der Waals surface area (Å²) in [5.74, 6) is -0.344. The minimum Gasteiger partial charge on any atom is -0.487 e. The van der Waals surface area contributed by atoms with E-state index in [1.807, 2.05) is 18.2 Å². The van der Waals surface area contributed by atoms with E-state index in [1.165, 1.54) is 12.3 Å². The summed E-state index contributed by atoms with van der Waals surface area (Å²) >= 11 is 0. The van der Waals surface area contributed by atoms with Crippen molar-refractivity contribution < 1.29 is 14.3 Å². The van der Waals surface area contributed by atoms with Gasteiger partial charge in [-0.3, -0.25) is 19.6 Å². The van der Waals surface area contributed by atoms with Crippen LogP contribution in [-0.4, -0.2) is 21.8 Å². The monoisotopic (exact) mass is 362 g/mol. The number of aromatic nitrogens is 2. The molecule has 3 rings (SSSR count). The summed E-state index contributed by atoms with van der Waals surface area (Å²) in [5, 5.41) is 2.77. The van der Waals surface area contributed by atoms with Gasteiger partial charge in [0.25, 0.3) is 5.91 Å². The number of aryl methyl sites for hydroxylation is 1. The number of hydrogen-bond acceptors (Lipinski definition) is 5. The van der Waals surface area contributed by atoms with Gasteiger partial charge in [-0.1, -0.05) is 6.07 Å². The molecule has 0 aliphatic rings. The molecule has 0 radical (unpaired) electrons. The Kier molecular flexibility index (Phi) is 5.41. The smallest absolute Gasteiger partial charge is 0.257 e. The Bertz CT molecular complexity index is 957. The number of nitrogens with two attached hydrogens (primary N) is 1. The molecule has 0 atom stereocenters. The van der Waals surface area contributed by atoms with Crippen molar-refractivity contribution in [1.82, 2.24) is 9.97 Å². The normalized spacial score (nSPS) is 10.3. The summed E-state index contributed by atoms with van der Waals surface area (Å²) in [5.41, 5.74) is 7.65. The minimum absolute atomic E-state index is 0.184. The van der Waals surface area contributed by atoms with Gasteiger partial charge in [-0.25, -0.2) is 0 Å². The maximum absolute atomic E-state index is 12.5. The SMILES string of the molecule is Cc1ncc(C(N)=O)cc1C(=O)Nc1ccc(OCc2ccccn2)cc1. The number of anilines is 1. The van der Waals surface area contributed by atoms with Crippen LogP contribution in [0.3, 0.4) is 0 Å². The van der Waals surface area contributed by atoms with Gasteiger partial charge < -0.3 is 15.8 Å². The highest BCUT2D eigenvalue weighted by molar-refractivity contribution is 6.06. The highest BCUT2D eigenvalue weighted by Crippen LogP contribution is 2.18. The standard InChI is InChI=1S/C20H18N4O3/c1-13-18(10-14(11-23-13)19(21)25)20(26)24-15-5-7-17(8-6-15)27-12-16-4-2-3-9-22-16/h2-11H,12H2,1H3,(H2,21,25)(H,24,26). The Hall–Kier alpha value is -3.74. The number of primary amides is 1. The van der Waals surface area contributed by atoms with Crippen molar-refractivity contribution in [2.24, 2.45) is 5.73 Å². The number of hydrogen-bond donors (Lipinski definition) is 2. The lowest BCUT2D eigenvalue weighted by molar-refractivity contribution is 0.1000. The molecule has 27 heavy (non-hydrogen) atoms. The summed E-state index contributed by atoms with van der Waals surface area (Å²) in [6.45, 7) is 2.05. The summed E-state index contributed by atoms with van der Waals surface area (Å²) < 4.78 is 5.66. The minimum atomic E-state index is -0.633. The third kappa shape index (κ3) is 4.66. The van der Waals surface area contributed by atoms with Crippen LogP contribution in [0.1, 0.15) is 32.1 Å². The molecule has 0 spiro atoms. The Morgan fingerprint density at radius 1 is 1.11 bits per heavy atom. The van der Waals surface area contributed by atoms with E-state index in [4.69, 9.17) is 10.5 Å². The number of pyridine rings is 2. The van der Waals surface area contributed by atoms with E-state index in [0.29, 0.717) is 29.3 Å². The molecule has 2 heterocycles. The van der Waals surface area contributed by atoms with E-state index >= 15 is 0 Å². The second-order valence-electron chi connectivity index (χ2n) is 5.81. The molecular weight excluding hydrogens is 344 g/mol. The molecule has 1 aromatic carbocycles. The number of ether oxygens (including phenoxy) is 1. The molecule has 0 aliphatic heterocycles. The van der Waals surface area contributed by atoms with Crippen molar-refractivity contribution in [3.05, 3.63) is 83.4 Å². The molecule has 0 aliphatic carbocycles. The average molecular weight is 362 g/mol. The second-order valence-corrected chi connectivity index (χ2v) is 5.81. The number of nitrogens with one attached hydrogen (secondary N) is 1. The maximum atomic E-state index is 12.5. The topological polar surface area (TPSA) is 107 Å². The largest absolute Gasteiger partial charge is 0.487 e. The molecule has 0 fully saturated rings. The Balaban J connectivity index is 1.65. The quantitative estimate of drug-likeness (QED) is 0.701. The van der Waals surface area contributed by atoms with Gasteiger partial charge in [0.15, 0.2) is 0 Å². The number of carbonyl (C=O) groups is 2. The fraction of sp³-hybridized carbons (Fsp3) is 0.100. The molecule has 0 unspecified atom stereocenters. The van der Waals surface area contributed by atoms with Crippen molar-refractivity contribution in [3.8, 4) is 5.75 Å². The van der Waals surface area contributed by atoms with E-state index in [9.17, 15) is 9.59 Å². The molecular formula is C20H18N4O3. The van der Waals surface area contributed by atoms with Crippen molar-refractivity contribution in [2.75, 3.05) is 5.32 Å². The second kappa shape index (κ2) is 8.09. The lowest BCUT2D eigenvalue weighted by Crippen LogP contribution is -2.17. The third-order valence-corrected chi connectivity index (χ3v) is 3.84. The fourth-order valence-corrected chi connectivity index (χ4v) is 2.37. The Labute approximate surface area is 156 Å². The molecule has 3 N–H and O–H groups in total. The van der Waals surface area contributed by atoms with Crippen LogP contribution in [0, 0.1) is 6.92 Å². The zero-order chi connectivity index (χ0) is 19.2. The lowest BCUT2D eigenvalue weighted by atomic mass is 10.1. The third-order valence-electron chi connectivity index (χ3n) is 3.84. The first kappa shape index (κ1) is 18.1. The number of carbonyl (C=O) groups excluding carboxylic acids is 2. The summed E-state index contributed by atoms with van der Waals surface area (Å²) in [6, 6.07) is 14.0. The molecule has 7 heteroatoms. The number of benzene rings is 1. The summed E-state index contributed by atoms with van der Waals surface area (Å²) in [6.07, 6.45) is 3.06. The van der Waals surface area contributed by atoms with Gasteiger partial charge in [-0.05, 0) is 49.4 Å². The Morgan fingerprint density at radius 3 is 2.56 bits per heavy atom. The van der Waals surface area contributed by atoms with Gasteiger partial charge in [0, 0.05) is 18.1 Å². The number of nitrogens with zero attached hydrogens (tertiary/aromatic N) is 2. The van der Waals surface area contributed by atoms with Gasteiger partial charge in [-0.2, -0.15) is 0 Å². The van der Waals surface area contributed by atoms with Crippen molar-refractivity contribution in [3.63, 3.8) is 0 Å². The van der Waals surface area contributed by atoms with E-state index in [-0.39, 0.29) is 11.5 Å². The molecule has 2 amide bonds. The zero-order valence-electron chi connectivity index (χ0n) is 14.7. The number of amides is 2. The van der Waals surface area contributed by atoms with Crippen LogP contribution < -0.4 is 15.8 Å². The molecule has 2 aromatic heterocycles. The van der Waals surface area contributed by atoms with Crippen molar-refractivity contribution >= 4 is 17.5 Å². The van der Waals surface area contributed by atoms with E-state index < -0.39 is 5.91 Å². The molecule has 0 saturated carbocycles. The lowest BCUT2D eigenvalue weighted by Gasteiger charge is -2.10. The van der Waals surface area contributed by atoms with E-state index in [1.54, 1.807) is 37.4 Å². The van der Waals surface area contributed by atoms with Gasteiger partial charge >= 0.3 is 0 Å². The molecule has 3 aromatic rings. The van der Waals surface area contributed by atoms with Crippen LogP contribution >= 0.6 is 0 Å². The van der Waals surface area contributed by atoms with Gasteiger partial charge in [-0.15, -0.1) is 0 Å². The zero-order valence-corrected chi connectivity index (χ0v) is 14.7. The van der Waals surface area contributed by atoms with Crippen LogP contribution in [0.2, 0.25) is 0 Å². The van der Waals surface area contributed by atoms with Crippen molar-refractivity contribution in [1.29, 1.82) is 0 Å². The number of rotatable bonds is 6. The molecule has 7 nitrogen and oxygen atoms in total. The van der Waals surface area contributed by atoms with Crippen molar-refractivity contribution in [2.45, 2.75) is 13.5 Å². The maximum Gasteiger partial charge on any atom is 0.257 e. The first-order chi connectivity index (χ1) is 13.0. The van der Waals surface area contributed by atoms with Crippen LogP contribution in [-0.2, 0) is 6.61 Å². The van der Waals surface area contributed by atoms with Gasteiger partial charge in [0.1, 0.15) is 12.4 Å². The average Bonchev–Trinajstić information content (AvgIpc) is 2.68. The predicted molar refractivity (Wildman–Crippen MR) is 100 cm³/mol. The van der Waals surface area contributed by atoms with Crippen LogP contribution in [0.15, 0.2) is 60.9 Å². The van der Waals surface area contributed by atoms with Crippen LogP contribution in [0.5, 0.6) is 5.75 Å². The molecule has 136 valence electrons. The fourth-order valence-electron chi connectivity index (χ4n) is 2.37. The Morgan fingerprint density at radius 2 is 1.89 bits per heavy atom. The first-order valence-corrected chi connectivity index (χ1v) is 8.23. The summed E-state index contributed by atoms with van der Waals surface area (Å²) in [7, 11) is 0. The predicted octanol–water partition coefficient (Wildman–Crippen LogP) is 2.72. The van der Waals surface area contributed by atoms with E-state index in [0.717, 1.165) is 5.69 Å². The highest BCUT2D eigenvalue weighted by Gasteiger charge is 2.13. The first-order valence-electron chi connectivity index (χ1n) is 8.23. The molecule has 0 saturated heterocycles. The van der Waals surface area contributed by atoms with Crippen LogP contribution in [0.4, 0.5) is 5.69 Å². The molecule has 0 bridgehead atoms. The van der Waals surface area contributed by atoms with Gasteiger partial charge in [0.2, 0.25) is 5.91 Å². The summed E-state index contributed by atoms with van der Waals surface area (Å²) in [4.78, 5) is 32.0. The van der Waals surface area contributed by atoms with Gasteiger partial charge in [0.05, 0.1) is 22.5 Å². The highest BCUT2D eigenvalue weighted by atomic mass is 16.5. The van der Waals surface area contributed by atoms with Crippen LogP contribution in [0.25, 0.3) is 0 Å².